The van der Waals surface area contributed by atoms with Gasteiger partial charge in [-0.25, -0.2) is 9.59 Å². The zero-order valence-corrected chi connectivity index (χ0v) is 52.8. The van der Waals surface area contributed by atoms with E-state index in [1.807, 2.05) is 0 Å². The van der Waals surface area contributed by atoms with Gasteiger partial charge in [-0.1, -0.05) is 20.7 Å². The molecule has 1 atom stereocenters. The van der Waals surface area contributed by atoms with Crippen molar-refractivity contribution in [2.24, 2.45) is 0 Å². The number of phenolic OH excluding ortho intramolecular Hbond substituents is 4. The van der Waals surface area contributed by atoms with Gasteiger partial charge in [-0.2, -0.15) is 0 Å². The number of amides is 2. The molecule has 0 fully saturated rings. The third-order valence-corrected chi connectivity index (χ3v) is 12.4. The molecule has 1 unspecified atom stereocenters. The monoisotopic (exact) mass is 1250 g/mol. The summed E-state index contributed by atoms with van der Waals surface area (Å²) in [6.07, 6.45) is -2.04. The summed E-state index contributed by atoms with van der Waals surface area (Å²) in [7, 11) is 0. The number of nitrogens with zero attached hydrogens (tertiary/aromatic N) is 2. The molecule has 0 aromatic heterocycles. The van der Waals surface area contributed by atoms with Crippen LogP contribution in [0.1, 0.15) is 156 Å². The molecule has 0 heterocycles. The quantitative estimate of drug-likeness (QED) is 0.0140. The minimum Gasteiger partial charge on any atom is -0.507 e. The summed E-state index contributed by atoms with van der Waals surface area (Å²) < 4.78 is 28.9. The summed E-state index contributed by atoms with van der Waals surface area (Å²) in [5, 5.41) is 96.7. The zero-order chi connectivity index (χ0) is 68.6. The fourth-order valence-electron chi connectivity index (χ4n) is 8.79. The Labute approximate surface area is 522 Å². The van der Waals surface area contributed by atoms with Gasteiger partial charge in [0.1, 0.15) is 39.8 Å². The van der Waals surface area contributed by atoms with Crippen LogP contribution < -0.4 is 31.9 Å². The lowest BCUT2D eigenvalue weighted by Crippen LogP contribution is -2.41. The largest absolute Gasteiger partial charge is 0.507 e. The predicted octanol–water partition coefficient (Wildman–Crippen LogP) is 5.78. The van der Waals surface area contributed by atoms with Gasteiger partial charge < -0.3 is 96.8 Å². The van der Waals surface area contributed by atoms with E-state index in [9.17, 15) is 64.2 Å². The highest BCUT2D eigenvalue weighted by Gasteiger charge is 2.40. The van der Waals surface area contributed by atoms with E-state index < -0.39 is 76.0 Å². The number of hydrogen-bond acceptors (Lipinski definition) is 24. The Hall–Kier alpha value is -8.27. The normalized spacial score (nSPS) is 12.8. The summed E-state index contributed by atoms with van der Waals surface area (Å²) in [5.74, 6) is -4.69. The van der Waals surface area contributed by atoms with Gasteiger partial charge in [0.05, 0.1) is 70.9 Å². The van der Waals surface area contributed by atoms with Crippen molar-refractivity contribution < 1.29 is 91.4 Å². The molecule has 0 bridgehead atoms. The number of aliphatic hydroxyl groups excluding tert-OH is 4. The van der Waals surface area contributed by atoms with Crippen LogP contribution in [-0.4, -0.2) is 214 Å². The molecule has 89 heavy (non-hydrogen) atoms. The van der Waals surface area contributed by atoms with Gasteiger partial charge >= 0.3 is 18.2 Å². The molecule has 26 nitrogen and oxygen atoms in total. The number of rotatable bonds is 25. The van der Waals surface area contributed by atoms with E-state index in [0.29, 0.717) is 57.5 Å². The van der Waals surface area contributed by atoms with E-state index in [-0.39, 0.29) is 133 Å². The minimum atomic E-state index is -0.778. The number of carbonyl (C=O) groups excluding carboxylic acids is 7. The van der Waals surface area contributed by atoms with Gasteiger partial charge in [-0.3, -0.25) is 24.0 Å². The Kier molecular flexibility index (Phi) is 28.2. The number of anilines is 4. The Balaban J connectivity index is 0.000000413. The fourth-order valence-corrected chi connectivity index (χ4v) is 8.79. The van der Waals surface area contributed by atoms with Crippen LogP contribution in [0.5, 0.6) is 23.0 Å². The molecular formula is C63H92N8O18. The molecule has 0 saturated carbocycles. The van der Waals surface area contributed by atoms with E-state index in [4.69, 9.17) is 27.2 Å². The number of aliphatic hydroxyl groups is 4. The van der Waals surface area contributed by atoms with Gasteiger partial charge in [0.2, 0.25) is 23.1 Å². The first-order valence-corrected chi connectivity index (χ1v) is 29.1. The minimum absolute atomic E-state index is 0.00605. The van der Waals surface area contributed by atoms with E-state index in [0.717, 1.165) is 12.1 Å². The lowest BCUT2D eigenvalue weighted by Gasteiger charge is -2.28. The molecule has 14 N–H and O–H groups in total. The van der Waals surface area contributed by atoms with E-state index in [1.54, 1.807) is 93.5 Å². The predicted molar refractivity (Wildman–Crippen MR) is 337 cm³/mol. The van der Waals surface area contributed by atoms with Crippen LogP contribution in [0.4, 0.5) is 32.3 Å². The van der Waals surface area contributed by atoms with Crippen molar-refractivity contribution in [1.29, 1.82) is 0 Å². The lowest BCUT2D eigenvalue weighted by molar-refractivity contribution is -0.154. The second-order valence-corrected chi connectivity index (χ2v) is 22.7. The molecule has 2 aliphatic carbocycles. The number of ether oxygens (including phenoxy) is 3. The van der Waals surface area contributed by atoms with Crippen LogP contribution in [-0.2, 0) is 19.0 Å². The molecular weight excluding hydrogens is 1160 g/mol. The third-order valence-electron chi connectivity index (χ3n) is 12.4. The maximum absolute atomic E-state index is 13.8. The first kappa shape index (κ1) is 71.5. The van der Waals surface area contributed by atoms with E-state index in [2.05, 4.69) is 31.9 Å². The van der Waals surface area contributed by atoms with Gasteiger partial charge in [-0.05, 0) is 111 Å². The van der Waals surface area contributed by atoms with Gasteiger partial charge in [-0.15, -0.1) is 0 Å². The number of nitrogens with one attached hydrogen (secondary N) is 6. The Morgan fingerprint density at radius 1 is 0.427 bits per heavy atom. The standard InChI is InChI=1S/C32H44N4O10.C22H28N4O6.C7H14O2.C2H6/c1-31(2,3)45-29(43)35(15-17-37)13-11-33-19-7-8-20(34-12-14-36(16-18-38)30(44)46-32(4,5)6)24-23(19)27(41)25-21(39)9-10-22(40)26(25)28(24)42;27-11-9-23-5-7-25-13-1-2-14(26-8-6-24-10-12-28)18-17(13)21(31)19-15(29)3-4-16(30)20(19)22(18)32;1-5-6(8)9-7(2,3)4;1-2/h7-10,33-34,37-40H,11-18H2,1-6H3;1-4,23-30H,5-12H2;5H2,1-4H3;1-2H3/i;;5T;1T. The van der Waals surface area contributed by atoms with Gasteiger partial charge in [0, 0.05) is 110 Å². The summed E-state index contributed by atoms with van der Waals surface area (Å²) in [6, 6.07) is 11.1. The van der Waals surface area contributed by atoms with Crippen molar-refractivity contribution in [1.82, 2.24) is 20.4 Å². The summed E-state index contributed by atoms with van der Waals surface area (Å²) in [6.45, 7) is 22.1. The summed E-state index contributed by atoms with van der Waals surface area (Å²) >= 11 is 0. The molecule has 0 radical (unpaired) electrons. The van der Waals surface area contributed by atoms with Crippen LogP contribution >= 0.6 is 0 Å². The Morgan fingerprint density at radius 2 is 0.697 bits per heavy atom. The average Bonchev–Trinajstić information content (AvgIpc) is 0.745. The van der Waals surface area contributed by atoms with Crippen LogP contribution in [0.25, 0.3) is 0 Å². The number of ketones is 4. The van der Waals surface area contributed by atoms with Crippen molar-refractivity contribution in [2.45, 2.75) is 106 Å². The molecule has 0 spiro atoms. The zero-order valence-electron chi connectivity index (χ0n) is 54.8. The second kappa shape index (κ2) is 35.1. The highest BCUT2D eigenvalue weighted by molar-refractivity contribution is 6.34. The summed E-state index contributed by atoms with van der Waals surface area (Å²) in [4.78, 5) is 93.0. The maximum Gasteiger partial charge on any atom is 0.410 e. The molecule has 6 rings (SSSR count). The average molecular weight is 1250 g/mol. The number of benzene rings is 4. The molecule has 0 aliphatic heterocycles. The lowest BCUT2D eigenvalue weighted by atomic mass is 9.81. The second-order valence-electron chi connectivity index (χ2n) is 22.7. The highest BCUT2D eigenvalue weighted by atomic mass is 16.6. The number of aromatic hydroxyl groups is 4. The first-order chi connectivity index (χ1) is 42.7. The third kappa shape index (κ3) is 21.8. The van der Waals surface area contributed by atoms with Crippen LogP contribution in [0.3, 0.4) is 0 Å². The SMILES string of the molecule is CC(C)(C)OC(=O)N(CCO)CCNc1ccc(NCCN(CCO)C(=O)OC(C)(C)C)c2c1C(=O)c1c(O)ccc(O)c1C2=O.O=C1c2c(O)ccc(O)c2C(=O)c2c(NCCNCCO)ccc(NCCNCCO)c21.[3H]C(C)C(=O)OC(C)(C)C.[3H]CC. The van der Waals surface area contributed by atoms with Crippen molar-refractivity contribution in [3.8, 4) is 23.0 Å². The van der Waals surface area contributed by atoms with Gasteiger partial charge in [0.15, 0.2) is 0 Å². The van der Waals surface area contributed by atoms with Crippen molar-refractivity contribution in [3.63, 3.8) is 0 Å². The van der Waals surface area contributed by atoms with Crippen molar-refractivity contribution in [2.75, 3.05) is 126 Å². The molecule has 26 heteroatoms. The van der Waals surface area contributed by atoms with Crippen LogP contribution in [0.2, 0.25) is 0 Å². The molecule has 2 amide bonds. The molecule has 2 aliphatic rings. The van der Waals surface area contributed by atoms with Gasteiger partial charge in [0.25, 0.3) is 0 Å². The van der Waals surface area contributed by atoms with Crippen LogP contribution in [0, 0.1) is 0 Å². The number of esters is 1. The fraction of sp³-hybridized carbons (Fsp3) is 0.508. The van der Waals surface area contributed by atoms with Crippen LogP contribution in [0.15, 0.2) is 48.5 Å². The smallest absolute Gasteiger partial charge is 0.410 e. The highest BCUT2D eigenvalue weighted by Crippen LogP contribution is 2.44. The Bertz CT molecular complexity index is 2960. The Morgan fingerprint density at radius 3 is 0.921 bits per heavy atom. The topological polar surface area (TPSA) is 388 Å². The maximum atomic E-state index is 13.8. The molecule has 4 aromatic rings. The molecule has 0 saturated heterocycles. The first-order valence-electron chi connectivity index (χ1n) is 30.4. The molecule has 492 valence electrons. The van der Waals surface area contributed by atoms with E-state index >= 15 is 0 Å². The number of carbonyl (C=O) groups is 7. The van der Waals surface area contributed by atoms with Crippen molar-refractivity contribution in [3.05, 3.63) is 93.0 Å². The number of phenols is 4. The number of fused-ring (bicyclic) bond motifs is 4. The van der Waals surface area contributed by atoms with Crippen molar-refractivity contribution >= 4 is 64.0 Å². The number of hydrogen-bond donors (Lipinski definition) is 14. The van der Waals surface area contributed by atoms with E-state index in [1.165, 1.54) is 28.9 Å². The summed E-state index contributed by atoms with van der Waals surface area (Å²) in [5.41, 5.74) is -1.63. The molecule has 4 aromatic carbocycles.